The number of methoxy groups -OCH3 is 1. The molecule has 82 valence electrons. The standard InChI is InChI=1S/C9H19N3O2/c1-6(9(10)12-13)5-11-7-3-8(4-7)14-2/h6-8,11,13H,3-5H2,1-2H3,(H2,10,12). The number of nitrogens with two attached hydrogens (primary N) is 1. The second-order valence-corrected chi connectivity index (χ2v) is 3.86. The van der Waals surface area contributed by atoms with Gasteiger partial charge in [-0.05, 0) is 12.8 Å². The number of nitrogens with zero attached hydrogens (tertiary/aromatic N) is 1. The van der Waals surface area contributed by atoms with E-state index in [4.69, 9.17) is 15.7 Å². The lowest BCUT2D eigenvalue weighted by Crippen LogP contribution is -2.47. The first kappa shape index (κ1) is 11.3. The van der Waals surface area contributed by atoms with Gasteiger partial charge in [-0.1, -0.05) is 12.1 Å². The number of nitrogens with one attached hydrogen (secondary N) is 1. The molecule has 0 aliphatic heterocycles. The second-order valence-electron chi connectivity index (χ2n) is 3.86. The molecule has 0 saturated heterocycles. The first-order chi connectivity index (χ1) is 6.67. The van der Waals surface area contributed by atoms with Gasteiger partial charge in [-0.2, -0.15) is 0 Å². The summed E-state index contributed by atoms with van der Waals surface area (Å²) in [7, 11) is 1.74. The van der Waals surface area contributed by atoms with Gasteiger partial charge in [0.2, 0.25) is 0 Å². The first-order valence-electron chi connectivity index (χ1n) is 4.91. The molecule has 0 amide bonds. The summed E-state index contributed by atoms with van der Waals surface area (Å²) in [5, 5.41) is 14.8. The van der Waals surface area contributed by atoms with E-state index in [1.165, 1.54) is 0 Å². The van der Waals surface area contributed by atoms with Crippen LogP contribution in [0.25, 0.3) is 0 Å². The fourth-order valence-electron chi connectivity index (χ4n) is 1.47. The minimum atomic E-state index is 0.0709. The molecule has 1 saturated carbocycles. The van der Waals surface area contributed by atoms with E-state index in [9.17, 15) is 0 Å². The molecule has 1 fully saturated rings. The maximum absolute atomic E-state index is 8.44. The van der Waals surface area contributed by atoms with Crippen molar-refractivity contribution >= 4 is 5.84 Å². The largest absolute Gasteiger partial charge is 0.409 e. The third kappa shape index (κ3) is 2.85. The zero-order chi connectivity index (χ0) is 10.6. The maximum atomic E-state index is 8.44. The van der Waals surface area contributed by atoms with E-state index in [2.05, 4.69) is 10.5 Å². The molecule has 1 aliphatic rings. The molecule has 4 N–H and O–H groups in total. The van der Waals surface area contributed by atoms with Gasteiger partial charge in [-0.15, -0.1) is 0 Å². The van der Waals surface area contributed by atoms with Crippen LogP contribution < -0.4 is 11.1 Å². The predicted molar refractivity (Wildman–Crippen MR) is 54.4 cm³/mol. The van der Waals surface area contributed by atoms with E-state index < -0.39 is 0 Å². The lowest BCUT2D eigenvalue weighted by atomic mass is 9.89. The first-order valence-corrected chi connectivity index (χ1v) is 4.91. The van der Waals surface area contributed by atoms with Gasteiger partial charge in [-0.25, -0.2) is 0 Å². The molecular weight excluding hydrogens is 182 g/mol. The molecule has 1 aliphatic carbocycles. The molecule has 0 aromatic carbocycles. The van der Waals surface area contributed by atoms with Gasteiger partial charge in [0.25, 0.3) is 0 Å². The minimum Gasteiger partial charge on any atom is -0.409 e. The van der Waals surface area contributed by atoms with E-state index in [1.54, 1.807) is 7.11 Å². The molecule has 5 nitrogen and oxygen atoms in total. The molecule has 0 aromatic heterocycles. The highest BCUT2D eigenvalue weighted by Gasteiger charge is 2.28. The molecule has 14 heavy (non-hydrogen) atoms. The molecular formula is C9H19N3O2. The molecule has 0 spiro atoms. The van der Waals surface area contributed by atoms with Crippen molar-refractivity contribution < 1.29 is 9.94 Å². The Hall–Kier alpha value is -0.810. The SMILES string of the molecule is COC1CC(NCC(C)C(N)=NO)C1. The van der Waals surface area contributed by atoms with Crippen molar-refractivity contribution in [1.82, 2.24) is 5.32 Å². The lowest BCUT2D eigenvalue weighted by molar-refractivity contribution is 0.0171. The topological polar surface area (TPSA) is 79.9 Å². The fourth-order valence-corrected chi connectivity index (χ4v) is 1.47. The second kappa shape index (κ2) is 5.17. The Bertz CT molecular complexity index is 202. The molecule has 1 unspecified atom stereocenters. The van der Waals surface area contributed by atoms with Crippen LogP contribution in [0.2, 0.25) is 0 Å². The van der Waals surface area contributed by atoms with Crippen molar-refractivity contribution in [3.8, 4) is 0 Å². The quantitative estimate of drug-likeness (QED) is 0.256. The fraction of sp³-hybridized carbons (Fsp3) is 0.889. The summed E-state index contributed by atoms with van der Waals surface area (Å²) in [5.74, 6) is 0.349. The van der Waals surface area contributed by atoms with Gasteiger partial charge >= 0.3 is 0 Å². The Kier molecular flexibility index (Phi) is 4.16. The molecule has 1 atom stereocenters. The van der Waals surface area contributed by atoms with Crippen LogP contribution in [-0.4, -0.2) is 36.8 Å². The molecule has 0 aromatic rings. The van der Waals surface area contributed by atoms with Crippen LogP contribution >= 0.6 is 0 Å². The molecule has 1 rings (SSSR count). The number of rotatable bonds is 5. The highest BCUT2D eigenvalue weighted by molar-refractivity contribution is 5.82. The van der Waals surface area contributed by atoms with E-state index in [0.717, 1.165) is 19.4 Å². The predicted octanol–water partition coefficient (Wildman–Crippen LogP) is 0.136. The van der Waals surface area contributed by atoms with Crippen molar-refractivity contribution in [2.75, 3.05) is 13.7 Å². The summed E-state index contributed by atoms with van der Waals surface area (Å²) in [5.41, 5.74) is 5.45. The van der Waals surface area contributed by atoms with Crippen LogP contribution in [0.1, 0.15) is 19.8 Å². The average molecular weight is 201 g/mol. The number of amidine groups is 1. The zero-order valence-corrected chi connectivity index (χ0v) is 8.73. The Morgan fingerprint density at radius 1 is 1.71 bits per heavy atom. The normalized spacial score (nSPS) is 29.7. The van der Waals surface area contributed by atoms with Crippen molar-refractivity contribution in [3.05, 3.63) is 0 Å². The third-order valence-electron chi connectivity index (χ3n) is 2.76. The Morgan fingerprint density at radius 2 is 2.36 bits per heavy atom. The van der Waals surface area contributed by atoms with Crippen LogP contribution in [0.4, 0.5) is 0 Å². The Labute approximate surface area is 84.3 Å². The monoisotopic (exact) mass is 201 g/mol. The van der Waals surface area contributed by atoms with Gasteiger partial charge in [0.15, 0.2) is 0 Å². The van der Waals surface area contributed by atoms with E-state index >= 15 is 0 Å². The van der Waals surface area contributed by atoms with Gasteiger partial charge < -0.3 is 21.0 Å². The zero-order valence-electron chi connectivity index (χ0n) is 8.73. The van der Waals surface area contributed by atoms with Gasteiger partial charge in [0, 0.05) is 25.6 Å². The smallest absolute Gasteiger partial charge is 0.143 e. The van der Waals surface area contributed by atoms with Gasteiger partial charge in [-0.3, -0.25) is 0 Å². The highest BCUT2D eigenvalue weighted by Crippen LogP contribution is 2.22. The number of ether oxygens (including phenoxy) is 1. The van der Waals surface area contributed by atoms with E-state index in [-0.39, 0.29) is 11.8 Å². The Morgan fingerprint density at radius 3 is 2.86 bits per heavy atom. The maximum Gasteiger partial charge on any atom is 0.143 e. The van der Waals surface area contributed by atoms with Crippen molar-refractivity contribution in [2.45, 2.75) is 31.9 Å². The van der Waals surface area contributed by atoms with Crippen molar-refractivity contribution in [1.29, 1.82) is 0 Å². The van der Waals surface area contributed by atoms with Crippen LogP contribution in [0.3, 0.4) is 0 Å². The summed E-state index contributed by atoms with van der Waals surface area (Å²) >= 11 is 0. The average Bonchev–Trinajstić information content (AvgIpc) is 2.14. The highest BCUT2D eigenvalue weighted by atomic mass is 16.5. The van der Waals surface area contributed by atoms with Crippen LogP contribution in [0.15, 0.2) is 5.16 Å². The molecule has 0 heterocycles. The Balaban J connectivity index is 2.10. The number of hydrogen-bond donors (Lipinski definition) is 3. The summed E-state index contributed by atoms with van der Waals surface area (Å²) in [6, 6.07) is 0.522. The lowest BCUT2D eigenvalue weighted by Gasteiger charge is -2.35. The summed E-state index contributed by atoms with van der Waals surface area (Å²) in [6.45, 7) is 2.67. The summed E-state index contributed by atoms with van der Waals surface area (Å²) in [6.07, 6.45) is 2.52. The third-order valence-corrected chi connectivity index (χ3v) is 2.76. The molecule has 0 radical (unpaired) electrons. The molecule has 5 heteroatoms. The number of hydrogen-bond acceptors (Lipinski definition) is 4. The van der Waals surface area contributed by atoms with Gasteiger partial charge in [0.05, 0.1) is 6.10 Å². The minimum absolute atomic E-state index is 0.0709. The van der Waals surface area contributed by atoms with Crippen LogP contribution in [0, 0.1) is 5.92 Å². The summed E-state index contributed by atoms with van der Waals surface area (Å²) < 4.78 is 5.16. The molecule has 0 bridgehead atoms. The summed E-state index contributed by atoms with van der Waals surface area (Å²) in [4.78, 5) is 0. The van der Waals surface area contributed by atoms with E-state index in [0.29, 0.717) is 12.1 Å². The van der Waals surface area contributed by atoms with Crippen LogP contribution in [-0.2, 0) is 4.74 Å². The number of oxime groups is 1. The van der Waals surface area contributed by atoms with Crippen molar-refractivity contribution in [2.24, 2.45) is 16.8 Å². The van der Waals surface area contributed by atoms with Crippen molar-refractivity contribution in [3.63, 3.8) is 0 Å². The van der Waals surface area contributed by atoms with Gasteiger partial charge in [0.1, 0.15) is 5.84 Å². The van der Waals surface area contributed by atoms with E-state index in [1.807, 2.05) is 6.92 Å². The van der Waals surface area contributed by atoms with Crippen LogP contribution in [0.5, 0.6) is 0 Å².